The quantitative estimate of drug-likeness (QED) is 0.824. The van der Waals surface area contributed by atoms with Crippen molar-refractivity contribution in [1.82, 2.24) is 9.88 Å². The lowest BCUT2D eigenvalue weighted by Gasteiger charge is -2.58. The van der Waals surface area contributed by atoms with Crippen molar-refractivity contribution in [3.8, 4) is 0 Å². The predicted octanol–water partition coefficient (Wildman–Crippen LogP) is 3.70. The predicted molar refractivity (Wildman–Crippen MR) is 116 cm³/mol. The normalized spacial score (nSPS) is 33.6. The van der Waals surface area contributed by atoms with Gasteiger partial charge in [-0.05, 0) is 54.9 Å². The van der Waals surface area contributed by atoms with Crippen LogP contribution in [0.25, 0.3) is 0 Å². The molecule has 2 unspecified atom stereocenters. The lowest BCUT2D eigenvalue weighted by Crippen LogP contribution is -2.62. The molecule has 2 aromatic rings. The Balaban J connectivity index is 1.44. The Morgan fingerprint density at radius 3 is 2.43 bits per heavy atom. The summed E-state index contributed by atoms with van der Waals surface area (Å²) < 4.78 is 6.35. The van der Waals surface area contributed by atoms with Gasteiger partial charge in [0.25, 0.3) is 5.91 Å². The second kappa shape index (κ2) is 7.78. The summed E-state index contributed by atoms with van der Waals surface area (Å²) in [5.74, 6) is 0.987. The number of benzene rings is 1. The fourth-order valence-corrected chi connectivity index (χ4v) is 6.48. The van der Waals surface area contributed by atoms with E-state index >= 15 is 0 Å². The molecule has 1 aliphatic heterocycles. The Morgan fingerprint density at radius 1 is 1.10 bits per heavy atom. The third-order valence-electron chi connectivity index (χ3n) is 7.96. The molecule has 1 aromatic heterocycles. The van der Waals surface area contributed by atoms with Gasteiger partial charge in [0.2, 0.25) is 0 Å². The molecule has 30 heavy (non-hydrogen) atoms. The number of likely N-dealkylation sites (tertiary alicyclic amines) is 1. The molecule has 1 saturated heterocycles. The second-order valence-corrected chi connectivity index (χ2v) is 9.23. The van der Waals surface area contributed by atoms with Crippen molar-refractivity contribution in [3.63, 3.8) is 0 Å². The zero-order chi connectivity index (χ0) is 20.7. The molecule has 1 aromatic carbocycles. The van der Waals surface area contributed by atoms with Crippen LogP contribution in [-0.4, -0.2) is 42.0 Å². The van der Waals surface area contributed by atoms with Crippen molar-refractivity contribution in [1.29, 1.82) is 0 Å². The summed E-state index contributed by atoms with van der Waals surface area (Å²) in [6.07, 6.45) is 7.81. The van der Waals surface area contributed by atoms with Crippen molar-refractivity contribution < 1.29 is 9.53 Å². The molecule has 158 valence electrons. The van der Waals surface area contributed by atoms with Gasteiger partial charge >= 0.3 is 0 Å². The molecule has 5 heteroatoms. The molecule has 2 saturated carbocycles. The SMILES string of the molecule is COC1(c2ccnc(C(N)=O)c2)C2CCCC1CN([C@@H]1CC[C@@H]1c1ccccc1)C2. The van der Waals surface area contributed by atoms with Crippen LogP contribution in [0.2, 0.25) is 0 Å². The van der Waals surface area contributed by atoms with Gasteiger partial charge in [-0.15, -0.1) is 0 Å². The molecule has 3 aliphatic rings. The number of carbonyl (C=O) groups excluding carboxylic acids is 1. The largest absolute Gasteiger partial charge is 0.373 e. The van der Waals surface area contributed by atoms with Crippen LogP contribution in [0.4, 0.5) is 0 Å². The van der Waals surface area contributed by atoms with E-state index in [0.29, 0.717) is 29.5 Å². The van der Waals surface area contributed by atoms with E-state index in [2.05, 4.69) is 40.2 Å². The van der Waals surface area contributed by atoms with Gasteiger partial charge in [0.1, 0.15) is 11.3 Å². The van der Waals surface area contributed by atoms with Crippen LogP contribution in [0, 0.1) is 11.8 Å². The molecule has 0 radical (unpaired) electrons. The van der Waals surface area contributed by atoms with Gasteiger partial charge in [-0.1, -0.05) is 36.8 Å². The molecule has 2 heterocycles. The van der Waals surface area contributed by atoms with Gasteiger partial charge in [0.15, 0.2) is 0 Å². The van der Waals surface area contributed by atoms with Crippen molar-refractivity contribution in [2.75, 3.05) is 20.2 Å². The average Bonchev–Trinajstić information content (AvgIpc) is 2.73. The van der Waals surface area contributed by atoms with Gasteiger partial charge in [-0.2, -0.15) is 0 Å². The van der Waals surface area contributed by atoms with Gasteiger partial charge in [-0.25, -0.2) is 0 Å². The fraction of sp³-hybridized carbons (Fsp3) is 0.520. The van der Waals surface area contributed by atoms with Gasteiger partial charge in [0.05, 0.1) is 0 Å². The van der Waals surface area contributed by atoms with E-state index in [9.17, 15) is 4.79 Å². The number of ether oxygens (including phenoxy) is 1. The van der Waals surface area contributed by atoms with Crippen molar-refractivity contribution in [3.05, 3.63) is 65.5 Å². The minimum absolute atomic E-state index is 0.326. The number of aromatic nitrogens is 1. The number of nitrogens with two attached hydrogens (primary N) is 1. The monoisotopic (exact) mass is 405 g/mol. The minimum atomic E-state index is -0.481. The van der Waals surface area contributed by atoms with Crippen LogP contribution in [0.3, 0.4) is 0 Å². The molecular formula is C25H31N3O2. The van der Waals surface area contributed by atoms with Crippen LogP contribution in [0.15, 0.2) is 48.7 Å². The highest BCUT2D eigenvalue weighted by atomic mass is 16.5. The van der Waals surface area contributed by atoms with E-state index in [1.165, 1.54) is 24.8 Å². The molecular weight excluding hydrogens is 374 g/mol. The summed E-state index contributed by atoms with van der Waals surface area (Å²) in [6, 6.07) is 15.5. The van der Waals surface area contributed by atoms with E-state index in [0.717, 1.165) is 31.5 Å². The number of hydrogen-bond donors (Lipinski definition) is 1. The fourth-order valence-electron chi connectivity index (χ4n) is 6.48. The van der Waals surface area contributed by atoms with Gasteiger partial charge in [0, 0.05) is 44.3 Å². The maximum Gasteiger partial charge on any atom is 0.267 e. The number of primary amides is 1. The number of fused-ring (bicyclic) bond motifs is 2. The molecule has 4 atom stereocenters. The molecule has 1 amide bonds. The standard InChI is InChI=1S/C25H31N3O2/c1-30-25(18-12-13-27-22(14-18)24(26)29)19-8-5-9-20(25)16-28(15-19)23-11-10-21(23)17-6-3-2-4-7-17/h2-4,6-7,12-14,19-21,23H,5,8-11,15-16H2,1H3,(H2,26,29)/t19?,20?,21-,23-,25?/m1/s1. The Labute approximate surface area is 178 Å². The number of methoxy groups -OCH3 is 1. The number of nitrogens with zero attached hydrogens (tertiary/aromatic N) is 2. The molecule has 3 fully saturated rings. The van der Waals surface area contributed by atoms with Crippen LogP contribution in [-0.2, 0) is 10.3 Å². The zero-order valence-corrected chi connectivity index (χ0v) is 17.7. The lowest BCUT2D eigenvalue weighted by molar-refractivity contribution is -0.179. The van der Waals surface area contributed by atoms with Crippen molar-refractivity contribution in [2.24, 2.45) is 17.6 Å². The maximum absolute atomic E-state index is 11.7. The Kier molecular flexibility index (Phi) is 5.11. The summed E-state index contributed by atoms with van der Waals surface area (Å²) in [5.41, 5.74) is 8.03. The number of amides is 1. The lowest BCUT2D eigenvalue weighted by atomic mass is 9.61. The summed E-state index contributed by atoms with van der Waals surface area (Å²) in [6.45, 7) is 2.10. The third-order valence-corrected chi connectivity index (χ3v) is 7.96. The topological polar surface area (TPSA) is 68.5 Å². The number of piperidine rings is 1. The van der Waals surface area contributed by atoms with Crippen LogP contribution in [0.1, 0.15) is 59.6 Å². The van der Waals surface area contributed by atoms with Crippen molar-refractivity contribution in [2.45, 2.75) is 49.7 Å². The minimum Gasteiger partial charge on any atom is -0.373 e. The van der Waals surface area contributed by atoms with E-state index in [1.807, 2.05) is 19.2 Å². The first kappa shape index (κ1) is 19.7. The van der Waals surface area contributed by atoms with Crippen LogP contribution in [0.5, 0.6) is 0 Å². The average molecular weight is 406 g/mol. The maximum atomic E-state index is 11.7. The highest BCUT2D eigenvalue weighted by Gasteiger charge is 2.55. The number of rotatable bonds is 5. The smallest absolute Gasteiger partial charge is 0.267 e. The van der Waals surface area contributed by atoms with E-state index < -0.39 is 5.91 Å². The van der Waals surface area contributed by atoms with Crippen LogP contribution < -0.4 is 5.73 Å². The first-order valence-electron chi connectivity index (χ1n) is 11.2. The molecule has 5 rings (SSSR count). The molecule has 2 aliphatic carbocycles. The summed E-state index contributed by atoms with van der Waals surface area (Å²) >= 11 is 0. The first-order valence-corrected chi connectivity index (χ1v) is 11.2. The molecule has 0 spiro atoms. The highest BCUT2D eigenvalue weighted by Crippen LogP contribution is 2.53. The van der Waals surface area contributed by atoms with Crippen LogP contribution >= 0.6 is 0 Å². The van der Waals surface area contributed by atoms with E-state index in [4.69, 9.17) is 10.5 Å². The molecule has 2 N–H and O–H groups in total. The number of pyridine rings is 1. The van der Waals surface area contributed by atoms with Gasteiger partial charge in [-0.3, -0.25) is 14.7 Å². The molecule has 2 bridgehead atoms. The van der Waals surface area contributed by atoms with Gasteiger partial charge < -0.3 is 10.5 Å². The summed E-state index contributed by atoms with van der Waals surface area (Å²) in [4.78, 5) is 18.6. The Hall–Kier alpha value is -2.24. The van der Waals surface area contributed by atoms with Crippen molar-refractivity contribution >= 4 is 5.91 Å². The second-order valence-electron chi connectivity index (χ2n) is 9.23. The molecule has 5 nitrogen and oxygen atoms in total. The zero-order valence-electron chi connectivity index (χ0n) is 17.7. The Bertz CT molecular complexity index is 902. The van der Waals surface area contributed by atoms with E-state index in [-0.39, 0.29) is 5.60 Å². The number of hydrogen-bond acceptors (Lipinski definition) is 4. The third kappa shape index (κ3) is 3.07. The number of carbonyl (C=O) groups is 1. The Morgan fingerprint density at radius 2 is 1.83 bits per heavy atom. The first-order chi connectivity index (χ1) is 14.6. The summed E-state index contributed by atoms with van der Waals surface area (Å²) in [5, 5.41) is 0. The van der Waals surface area contributed by atoms with E-state index in [1.54, 1.807) is 6.20 Å². The highest BCUT2D eigenvalue weighted by molar-refractivity contribution is 5.90. The summed E-state index contributed by atoms with van der Waals surface area (Å²) in [7, 11) is 1.83.